The summed E-state index contributed by atoms with van der Waals surface area (Å²) in [5, 5.41) is 0. The average Bonchev–Trinajstić information content (AvgIpc) is 2.39. The number of carbonyl (C=O) groups excluding carboxylic acids is 1. The lowest BCUT2D eigenvalue weighted by Gasteiger charge is -2.33. The molecule has 0 aliphatic carbocycles. The van der Waals surface area contributed by atoms with E-state index in [4.69, 9.17) is 4.74 Å². The van der Waals surface area contributed by atoms with Crippen LogP contribution in [-0.4, -0.2) is 26.2 Å². The SMILES string of the molecule is COC(=O)C1CCN(c2ccccc2C)CC1. The molecule has 0 amide bonds. The first-order valence-electron chi connectivity index (χ1n) is 6.11. The van der Waals surface area contributed by atoms with E-state index < -0.39 is 0 Å². The third-order valence-corrected chi connectivity index (χ3v) is 3.49. The second-order valence-corrected chi connectivity index (χ2v) is 4.57. The van der Waals surface area contributed by atoms with Crippen LogP contribution in [0.3, 0.4) is 0 Å². The van der Waals surface area contributed by atoms with Gasteiger partial charge in [-0.2, -0.15) is 0 Å². The maximum absolute atomic E-state index is 11.4. The van der Waals surface area contributed by atoms with Gasteiger partial charge in [-0.3, -0.25) is 4.79 Å². The Kier molecular flexibility index (Phi) is 3.67. The number of hydrogen-bond donors (Lipinski definition) is 0. The highest BCUT2D eigenvalue weighted by Gasteiger charge is 2.25. The molecular formula is C14H19NO2. The Morgan fingerprint density at radius 1 is 1.29 bits per heavy atom. The van der Waals surface area contributed by atoms with Crippen molar-refractivity contribution < 1.29 is 9.53 Å². The second-order valence-electron chi connectivity index (χ2n) is 4.57. The van der Waals surface area contributed by atoms with Crippen molar-refractivity contribution in [1.29, 1.82) is 0 Å². The number of ether oxygens (including phenoxy) is 1. The summed E-state index contributed by atoms with van der Waals surface area (Å²) in [4.78, 5) is 13.8. The number of hydrogen-bond acceptors (Lipinski definition) is 3. The predicted molar refractivity (Wildman–Crippen MR) is 68.1 cm³/mol. The van der Waals surface area contributed by atoms with Crippen LogP contribution >= 0.6 is 0 Å². The Balaban J connectivity index is 2.00. The van der Waals surface area contributed by atoms with Gasteiger partial charge < -0.3 is 9.64 Å². The summed E-state index contributed by atoms with van der Waals surface area (Å²) in [6.07, 6.45) is 1.78. The molecule has 1 fully saturated rings. The number of aryl methyl sites for hydroxylation is 1. The number of rotatable bonds is 2. The molecule has 0 atom stereocenters. The molecule has 2 rings (SSSR count). The van der Waals surface area contributed by atoms with Gasteiger partial charge in [-0.25, -0.2) is 0 Å². The lowest BCUT2D eigenvalue weighted by atomic mass is 9.96. The van der Waals surface area contributed by atoms with Crippen LogP contribution in [0.4, 0.5) is 5.69 Å². The van der Waals surface area contributed by atoms with Crippen LogP contribution in [-0.2, 0) is 9.53 Å². The molecule has 0 spiro atoms. The fraction of sp³-hybridized carbons (Fsp3) is 0.500. The lowest BCUT2D eigenvalue weighted by Crippen LogP contribution is -2.37. The Morgan fingerprint density at radius 3 is 2.53 bits per heavy atom. The van der Waals surface area contributed by atoms with E-state index in [0.29, 0.717) is 0 Å². The number of benzene rings is 1. The van der Waals surface area contributed by atoms with E-state index in [9.17, 15) is 4.79 Å². The third kappa shape index (κ3) is 2.60. The summed E-state index contributed by atoms with van der Waals surface area (Å²) < 4.78 is 4.80. The van der Waals surface area contributed by atoms with Crippen LogP contribution in [0.2, 0.25) is 0 Å². The summed E-state index contributed by atoms with van der Waals surface area (Å²) >= 11 is 0. The van der Waals surface area contributed by atoms with Crippen molar-refractivity contribution in [2.24, 2.45) is 5.92 Å². The predicted octanol–water partition coefficient (Wildman–Crippen LogP) is 2.38. The van der Waals surface area contributed by atoms with Crippen molar-refractivity contribution >= 4 is 11.7 Å². The van der Waals surface area contributed by atoms with E-state index in [0.717, 1.165) is 25.9 Å². The van der Waals surface area contributed by atoms with E-state index in [1.165, 1.54) is 18.4 Å². The fourth-order valence-electron chi connectivity index (χ4n) is 2.44. The summed E-state index contributed by atoms with van der Waals surface area (Å²) in [7, 11) is 1.47. The first kappa shape index (κ1) is 12.0. The molecule has 1 heterocycles. The van der Waals surface area contributed by atoms with E-state index in [-0.39, 0.29) is 11.9 Å². The van der Waals surface area contributed by atoms with Gasteiger partial charge in [-0.15, -0.1) is 0 Å². The zero-order valence-corrected chi connectivity index (χ0v) is 10.5. The molecule has 0 saturated carbocycles. The van der Waals surface area contributed by atoms with Gasteiger partial charge in [-0.1, -0.05) is 18.2 Å². The number of piperidine rings is 1. The summed E-state index contributed by atoms with van der Waals surface area (Å²) in [6, 6.07) is 8.39. The fourth-order valence-corrected chi connectivity index (χ4v) is 2.44. The molecule has 0 unspecified atom stereocenters. The molecule has 17 heavy (non-hydrogen) atoms. The monoisotopic (exact) mass is 233 g/mol. The van der Waals surface area contributed by atoms with Gasteiger partial charge in [0.05, 0.1) is 13.0 Å². The molecule has 0 aromatic heterocycles. The zero-order valence-electron chi connectivity index (χ0n) is 10.5. The molecule has 0 N–H and O–H groups in total. The van der Waals surface area contributed by atoms with Crippen LogP contribution in [0, 0.1) is 12.8 Å². The highest BCUT2D eigenvalue weighted by Crippen LogP contribution is 2.26. The molecule has 92 valence electrons. The highest BCUT2D eigenvalue weighted by atomic mass is 16.5. The van der Waals surface area contributed by atoms with Gasteiger partial charge in [0.2, 0.25) is 0 Å². The summed E-state index contributed by atoms with van der Waals surface area (Å²) in [5.41, 5.74) is 2.58. The Morgan fingerprint density at radius 2 is 1.94 bits per heavy atom. The first-order chi connectivity index (χ1) is 8.22. The van der Waals surface area contributed by atoms with Crippen LogP contribution in [0.5, 0.6) is 0 Å². The Bertz CT molecular complexity index is 395. The second kappa shape index (κ2) is 5.21. The topological polar surface area (TPSA) is 29.5 Å². The maximum atomic E-state index is 11.4. The van der Waals surface area contributed by atoms with Crippen molar-refractivity contribution in [3.8, 4) is 0 Å². The van der Waals surface area contributed by atoms with Gasteiger partial charge >= 0.3 is 5.97 Å². The highest BCUT2D eigenvalue weighted by molar-refractivity contribution is 5.72. The van der Waals surface area contributed by atoms with Crippen molar-refractivity contribution in [2.45, 2.75) is 19.8 Å². The minimum atomic E-state index is -0.0607. The number of methoxy groups -OCH3 is 1. The summed E-state index contributed by atoms with van der Waals surface area (Å²) in [5.74, 6) is 0.0229. The largest absolute Gasteiger partial charge is 0.469 e. The van der Waals surface area contributed by atoms with E-state index in [2.05, 4.69) is 36.1 Å². The first-order valence-corrected chi connectivity index (χ1v) is 6.11. The van der Waals surface area contributed by atoms with Crippen molar-refractivity contribution in [3.05, 3.63) is 29.8 Å². The third-order valence-electron chi connectivity index (χ3n) is 3.49. The van der Waals surface area contributed by atoms with Crippen LogP contribution in [0.15, 0.2) is 24.3 Å². The molecule has 3 nitrogen and oxygen atoms in total. The molecule has 1 aliphatic heterocycles. The smallest absolute Gasteiger partial charge is 0.308 e. The van der Waals surface area contributed by atoms with Gasteiger partial charge in [0.15, 0.2) is 0 Å². The quantitative estimate of drug-likeness (QED) is 0.734. The maximum Gasteiger partial charge on any atom is 0.308 e. The van der Waals surface area contributed by atoms with Crippen molar-refractivity contribution in [2.75, 3.05) is 25.1 Å². The number of carbonyl (C=O) groups is 1. The van der Waals surface area contributed by atoms with Crippen molar-refractivity contribution in [3.63, 3.8) is 0 Å². The molecule has 1 aromatic carbocycles. The average molecular weight is 233 g/mol. The van der Waals surface area contributed by atoms with Gasteiger partial charge in [0.25, 0.3) is 0 Å². The summed E-state index contributed by atoms with van der Waals surface area (Å²) in [6.45, 7) is 4.00. The minimum Gasteiger partial charge on any atom is -0.469 e. The van der Waals surface area contributed by atoms with E-state index in [1.54, 1.807) is 0 Å². The molecular weight excluding hydrogens is 214 g/mol. The number of anilines is 1. The molecule has 1 aromatic rings. The molecule has 0 radical (unpaired) electrons. The number of para-hydroxylation sites is 1. The Hall–Kier alpha value is -1.51. The molecule has 0 bridgehead atoms. The van der Waals surface area contributed by atoms with E-state index in [1.807, 2.05) is 0 Å². The van der Waals surface area contributed by atoms with Crippen LogP contribution in [0.1, 0.15) is 18.4 Å². The minimum absolute atomic E-state index is 0.0607. The zero-order chi connectivity index (χ0) is 12.3. The normalized spacial score (nSPS) is 16.9. The standard InChI is InChI=1S/C14H19NO2/c1-11-5-3-4-6-13(11)15-9-7-12(8-10-15)14(16)17-2/h3-6,12H,7-10H2,1-2H3. The van der Waals surface area contributed by atoms with Gasteiger partial charge in [0.1, 0.15) is 0 Å². The lowest BCUT2D eigenvalue weighted by molar-refractivity contribution is -0.146. The Labute approximate surface area is 102 Å². The van der Waals surface area contributed by atoms with Gasteiger partial charge in [0, 0.05) is 18.8 Å². The molecule has 1 saturated heterocycles. The van der Waals surface area contributed by atoms with Crippen molar-refractivity contribution in [1.82, 2.24) is 0 Å². The molecule has 1 aliphatic rings. The van der Waals surface area contributed by atoms with Gasteiger partial charge in [-0.05, 0) is 31.4 Å². The van der Waals surface area contributed by atoms with Crippen LogP contribution in [0.25, 0.3) is 0 Å². The number of esters is 1. The number of nitrogens with zero attached hydrogens (tertiary/aromatic N) is 1. The van der Waals surface area contributed by atoms with Crippen LogP contribution < -0.4 is 4.90 Å². The molecule has 3 heteroatoms. The van der Waals surface area contributed by atoms with E-state index >= 15 is 0 Å².